The minimum Gasteiger partial charge on any atom is -0.493 e. The van der Waals surface area contributed by atoms with E-state index < -0.39 is 12.6 Å². The summed E-state index contributed by atoms with van der Waals surface area (Å²) in [7, 11) is 0. The van der Waals surface area contributed by atoms with E-state index in [1.54, 1.807) is 18.2 Å². The van der Waals surface area contributed by atoms with E-state index in [1.807, 2.05) is 0 Å². The van der Waals surface area contributed by atoms with Crippen LogP contribution in [-0.4, -0.2) is 12.8 Å². The Morgan fingerprint density at radius 2 is 1.94 bits per heavy atom. The van der Waals surface area contributed by atoms with Gasteiger partial charge in [0.25, 0.3) is 0 Å². The van der Waals surface area contributed by atoms with Crippen LogP contribution in [0.4, 0.5) is 13.2 Å². The summed E-state index contributed by atoms with van der Waals surface area (Å²) in [5.74, 6) is 0.476. The van der Waals surface area contributed by atoms with Crippen molar-refractivity contribution in [1.29, 1.82) is 0 Å². The first-order chi connectivity index (χ1) is 7.42. The lowest BCUT2D eigenvalue weighted by atomic mass is 10.2. The predicted molar refractivity (Wildman–Crippen MR) is 62.9 cm³/mol. The summed E-state index contributed by atoms with van der Waals surface area (Å²) in [6.45, 7) is -0.356. The lowest BCUT2D eigenvalue weighted by Crippen LogP contribution is -2.13. The number of rotatable bonds is 4. The number of hydrogen-bond acceptors (Lipinski definition) is 1. The van der Waals surface area contributed by atoms with E-state index in [0.717, 1.165) is 10.0 Å². The Morgan fingerprint density at radius 1 is 1.25 bits per heavy atom. The van der Waals surface area contributed by atoms with Crippen LogP contribution in [0, 0.1) is 0 Å². The Kier molecular flexibility index (Phi) is 5.11. The topological polar surface area (TPSA) is 9.23 Å². The summed E-state index contributed by atoms with van der Waals surface area (Å²) >= 11 is 6.53. The van der Waals surface area contributed by atoms with Gasteiger partial charge >= 0.3 is 6.18 Å². The van der Waals surface area contributed by atoms with Gasteiger partial charge in [0.15, 0.2) is 0 Å². The molecule has 0 heterocycles. The maximum absolute atomic E-state index is 11.9. The second kappa shape index (κ2) is 5.91. The molecule has 0 amide bonds. The van der Waals surface area contributed by atoms with E-state index >= 15 is 0 Å². The first-order valence-electron chi connectivity index (χ1n) is 4.46. The molecule has 16 heavy (non-hydrogen) atoms. The number of ether oxygens (including phenoxy) is 1. The molecule has 1 aromatic rings. The van der Waals surface area contributed by atoms with Gasteiger partial charge in [0.05, 0.1) is 13.0 Å². The fraction of sp³-hybridized carbons (Fsp3) is 0.400. The molecule has 1 nitrogen and oxygen atoms in total. The van der Waals surface area contributed by atoms with Gasteiger partial charge < -0.3 is 4.74 Å². The minimum atomic E-state index is -4.18. The van der Waals surface area contributed by atoms with Crippen LogP contribution in [0.15, 0.2) is 22.7 Å². The Balaban J connectivity index is 2.60. The van der Waals surface area contributed by atoms with Gasteiger partial charge in [-0.2, -0.15) is 13.2 Å². The molecular weight excluding hydrogens is 353 g/mol. The molecule has 6 heteroatoms. The van der Waals surface area contributed by atoms with Crippen molar-refractivity contribution in [3.8, 4) is 5.75 Å². The van der Waals surface area contributed by atoms with Crippen molar-refractivity contribution in [3.63, 3.8) is 0 Å². The maximum atomic E-state index is 11.9. The van der Waals surface area contributed by atoms with Gasteiger partial charge in [-0.3, -0.25) is 0 Å². The van der Waals surface area contributed by atoms with E-state index in [9.17, 15) is 13.2 Å². The third-order valence-corrected chi connectivity index (χ3v) is 2.91. The first-order valence-corrected chi connectivity index (χ1v) is 6.38. The minimum absolute atomic E-state index is 0.356. The second-order valence-electron chi connectivity index (χ2n) is 3.10. The number of halogens is 5. The Labute approximate surface area is 108 Å². The Morgan fingerprint density at radius 3 is 2.50 bits per heavy atom. The molecule has 1 aromatic carbocycles. The van der Waals surface area contributed by atoms with Crippen LogP contribution in [0.3, 0.4) is 0 Å². The zero-order chi connectivity index (χ0) is 12.2. The molecule has 0 radical (unpaired) electrons. The smallest absolute Gasteiger partial charge is 0.392 e. The lowest BCUT2D eigenvalue weighted by Gasteiger charge is -2.11. The Hall–Kier alpha value is -0.230. The number of alkyl halides is 4. The van der Waals surface area contributed by atoms with Crippen molar-refractivity contribution in [1.82, 2.24) is 0 Å². The summed E-state index contributed by atoms with van der Waals surface area (Å²) < 4.78 is 41.7. The van der Waals surface area contributed by atoms with Gasteiger partial charge in [-0.05, 0) is 18.2 Å². The van der Waals surface area contributed by atoms with Crippen LogP contribution in [0.25, 0.3) is 0 Å². The van der Waals surface area contributed by atoms with Crippen LogP contribution in [-0.2, 0) is 5.33 Å². The Bertz CT molecular complexity index is 352. The van der Waals surface area contributed by atoms with E-state index in [-0.39, 0.29) is 6.61 Å². The summed E-state index contributed by atoms with van der Waals surface area (Å²) in [4.78, 5) is 0. The van der Waals surface area contributed by atoms with Gasteiger partial charge in [0.2, 0.25) is 0 Å². The fourth-order valence-corrected chi connectivity index (χ4v) is 1.92. The van der Waals surface area contributed by atoms with E-state index in [4.69, 9.17) is 4.74 Å². The largest absolute Gasteiger partial charge is 0.493 e. The van der Waals surface area contributed by atoms with Gasteiger partial charge in [0, 0.05) is 15.4 Å². The standard InChI is InChI=1S/C10H9Br2F3O/c11-6-7-5-8(12)1-2-9(7)16-4-3-10(13,14)15/h1-2,5H,3-4,6H2. The van der Waals surface area contributed by atoms with Crippen molar-refractivity contribution < 1.29 is 17.9 Å². The van der Waals surface area contributed by atoms with Crippen molar-refractivity contribution in [2.75, 3.05) is 6.61 Å². The molecule has 0 aliphatic carbocycles. The average Bonchev–Trinajstić information content (AvgIpc) is 2.18. The molecule has 0 spiro atoms. The van der Waals surface area contributed by atoms with Crippen molar-refractivity contribution >= 4 is 31.9 Å². The molecule has 1 rings (SSSR count). The monoisotopic (exact) mass is 360 g/mol. The molecule has 0 aliphatic rings. The summed E-state index contributed by atoms with van der Waals surface area (Å²) in [5, 5.41) is 0.536. The van der Waals surface area contributed by atoms with Crippen LogP contribution < -0.4 is 4.74 Å². The maximum Gasteiger partial charge on any atom is 0.392 e. The lowest BCUT2D eigenvalue weighted by molar-refractivity contribution is -0.139. The van der Waals surface area contributed by atoms with Gasteiger partial charge in [-0.25, -0.2) is 0 Å². The SMILES string of the molecule is FC(F)(F)CCOc1ccc(Br)cc1CBr. The normalized spacial score (nSPS) is 11.6. The summed E-state index contributed by atoms with van der Waals surface area (Å²) in [6, 6.07) is 5.18. The molecular formula is C10H9Br2F3O. The second-order valence-corrected chi connectivity index (χ2v) is 4.58. The van der Waals surface area contributed by atoms with Crippen molar-refractivity contribution in [2.24, 2.45) is 0 Å². The first kappa shape index (κ1) is 13.8. The van der Waals surface area contributed by atoms with Crippen molar-refractivity contribution in [2.45, 2.75) is 17.9 Å². The van der Waals surface area contributed by atoms with Crippen molar-refractivity contribution in [3.05, 3.63) is 28.2 Å². The fourth-order valence-electron chi connectivity index (χ4n) is 1.07. The molecule has 0 saturated heterocycles. The van der Waals surface area contributed by atoms with Crippen LogP contribution >= 0.6 is 31.9 Å². The zero-order valence-electron chi connectivity index (χ0n) is 8.15. The number of benzene rings is 1. The van der Waals surface area contributed by atoms with Gasteiger partial charge in [-0.15, -0.1) is 0 Å². The highest BCUT2D eigenvalue weighted by atomic mass is 79.9. The number of hydrogen-bond donors (Lipinski definition) is 0. The molecule has 0 N–H and O–H groups in total. The van der Waals surface area contributed by atoms with Crippen LogP contribution in [0.2, 0.25) is 0 Å². The van der Waals surface area contributed by atoms with E-state index in [2.05, 4.69) is 31.9 Å². The molecule has 0 saturated carbocycles. The zero-order valence-corrected chi connectivity index (χ0v) is 11.3. The molecule has 90 valence electrons. The van der Waals surface area contributed by atoms with Gasteiger partial charge in [0.1, 0.15) is 5.75 Å². The quantitative estimate of drug-likeness (QED) is 0.708. The molecule has 0 bridgehead atoms. The molecule has 0 unspecified atom stereocenters. The van der Waals surface area contributed by atoms with E-state index in [1.165, 1.54) is 0 Å². The molecule has 0 aromatic heterocycles. The van der Waals surface area contributed by atoms with E-state index in [0.29, 0.717) is 11.1 Å². The van der Waals surface area contributed by atoms with Gasteiger partial charge in [-0.1, -0.05) is 31.9 Å². The summed E-state index contributed by atoms with van der Waals surface area (Å²) in [6.07, 6.45) is -5.12. The average molecular weight is 362 g/mol. The predicted octanol–water partition coefficient (Wildman–Crippen LogP) is 4.68. The highest BCUT2D eigenvalue weighted by molar-refractivity contribution is 9.10. The highest BCUT2D eigenvalue weighted by Gasteiger charge is 2.26. The highest BCUT2D eigenvalue weighted by Crippen LogP contribution is 2.26. The van der Waals surface area contributed by atoms with Crippen LogP contribution in [0.1, 0.15) is 12.0 Å². The molecule has 0 fully saturated rings. The van der Waals surface area contributed by atoms with Crippen LogP contribution in [0.5, 0.6) is 5.75 Å². The third-order valence-electron chi connectivity index (χ3n) is 1.81. The third kappa shape index (κ3) is 4.74. The molecule has 0 aliphatic heterocycles. The molecule has 0 atom stereocenters. The summed E-state index contributed by atoms with van der Waals surface area (Å²) in [5.41, 5.74) is 0.816.